The second kappa shape index (κ2) is 4.89. The van der Waals surface area contributed by atoms with Crippen molar-refractivity contribution >= 4 is 27.9 Å². The Morgan fingerprint density at radius 1 is 1.53 bits per heavy atom. The van der Waals surface area contributed by atoms with Crippen molar-refractivity contribution < 1.29 is 24.5 Å². The van der Waals surface area contributed by atoms with Crippen molar-refractivity contribution in [3.05, 3.63) is 0 Å². The first-order chi connectivity index (χ1) is 8.04. The molecule has 2 saturated heterocycles. The van der Waals surface area contributed by atoms with Crippen LogP contribution in [0.1, 0.15) is 6.42 Å². The fourth-order valence-corrected chi connectivity index (χ4v) is 2.68. The van der Waals surface area contributed by atoms with Crippen molar-refractivity contribution in [1.29, 1.82) is 0 Å². The minimum Gasteiger partial charge on any atom is -0.394 e. The average molecular weight is 309 g/mol. The number of imide groups is 1. The molecule has 8 heteroatoms. The number of rotatable bonds is 2. The molecule has 2 aliphatic rings. The number of aliphatic hydroxyl groups excluding tert-OH is 2. The van der Waals surface area contributed by atoms with Crippen LogP contribution in [0.25, 0.3) is 0 Å². The third-order valence-electron chi connectivity index (χ3n) is 2.87. The van der Waals surface area contributed by atoms with Crippen LogP contribution in [0.3, 0.4) is 0 Å². The maximum Gasteiger partial charge on any atom is 0.326 e. The molecule has 3 amide bonds. The summed E-state index contributed by atoms with van der Waals surface area (Å²) in [6.45, 7) is -0.0868. The molecular formula is C9H13BrN2O5. The summed E-state index contributed by atoms with van der Waals surface area (Å²) in [6, 6.07) is -0.540. The molecule has 17 heavy (non-hydrogen) atoms. The van der Waals surface area contributed by atoms with Gasteiger partial charge in [0.2, 0.25) is 5.91 Å². The molecule has 0 aromatic carbocycles. The van der Waals surface area contributed by atoms with Crippen LogP contribution in [0.15, 0.2) is 0 Å². The monoisotopic (exact) mass is 308 g/mol. The van der Waals surface area contributed by atoms with Crippen LogP contribution >= 0.6 is 15.9 Å². The van der Waals surface area contributed by atoms with E-state index >= 15 is 0 Å². The predicted molar refractivity (Wildman–Crippen MR) is 59.3 cm³/mol. The first-order valence-electron chi connectivity index (χ1n) is 5.23. The number of aliphatic hydroxyl groups is 2. The average Bonchev–Trinajstić information content (AvgIpc) is 2.57. The number of halogens is 1. The van der Waals surface area contributed by atoms with E-state index in [2.05, 4.69) is 21.2 Å². The van der Waals surface area contributed by atoms with E-state index < -0.39 is 29.3 Å². The van der Waals surface area contributed by atoms with Crippen molar-refractivity contribution in [2.45, 2.75) is 29.7 Å². The highest BCUT2D eigenvalue weighted by Gasteiger charge is 2.47. The summed E-state index contributed by atoms with van der Waals surface area (Å²) in [4.78, 5) is 23.4. The molecule has 96 valence electrons. The maximum atomic E-state index is 11.6. The molecule has 2 rings (SSSR count). The number of nitrogens with one attached hydrogen (secondary N) is 1. The molecule has 0 bridgehead atoms. The fourth-order valence-electron chi connectivity index (χ4n) is 1.92. The van der Waals surface area contributed by atoms with E-state index in [1.807, 2.05) is 0 Å². The van der Waals surface area contributed by atoms with Crippen molar-refractivity contribution in [2.24, 2.45) is 0 Å². The van der Waals surface area contributed by atoms with E-state index in [1.54, 1.807) is 0 Å². The zero-order valence-corrected chi connectivity index (χ0v) is 10.5. The number of alkyl halides is 1. The summed E-state index contributed by atoms with van der Waals surface area (Å²) >= 11 is 3.24. The summed E-state index contributed by atoms with van der Waals surface area (Å²) < 4.78 is 5.39. The van der Waals surface area contributed by atoms with Gasteiger partial charge in [0.1, 0.15) is 12.3 Å². The summed E-state index contributed by atoms with van der Waals surface area (Å²) in [6.07, 6.45) is -2.11. The summed E-state index contributed by atoms with van der Waals surface area (Å²) in [5.74, 6) is -0.324. The minimum atomic E-state index is -0.893. The fraction of sp³-hybridized carbons (Fsp3) is 0.778. The quantitative estimate of drug-likeness (QED) is 0.555. The Bertz CT molecular complexity index is 339. The van der Waals surface area contributed by atoms with Gasteiger partial charge in [-0.05, 0) is 0 Å². The molecule has 2 aliphatic heterocycles. The molecule has 0 unspecified atom stereocenters. The van der Waals surface area contributed by atoms with Crippen LogP contribution in [0, 0.1) is 0 Å². The summed E-state index contributed by atoms with van der Waals surface area (Å²) in [5.41, 5.74) is 0. The Balaban J connectivity index is 2.08. The van der Waals surface area contributed by atoms with Crippen LogP contribution in [0.5, 0.6) is 0 Å². The third kappa shape index (κ3) is 2.30. The van der Waals surface area contributed by atoms with E-state index in [4.69, 9.17) is 9.84 Å². The first-order valence-corrected chi connectivity index (χ1v) is 6.15. The Morgan fingerprint density at radius 3 is 2.76 bits per heavy atom. The van der Waals surface area contributed by atoms with Gasteiger partial charge in [0, 0.05) is 13.0 Å². The molecule has 0 saturated carbocycles. The number of amides is 3. The molecular weight excluding hydrogens is 296 g/mol. The lowest BCUT2D eigenvalue weighted by Crippen LogP contribution is -2.55. The van der Waals surface area contributed by atoms with Crippen molar-refractivity contribution in [2.75, 3.05) is 13.2 Å². The second-order valence-corrected chi connectivity index (χ2v) is 5.04. The molecule has 0 radical (unpaired) electrons. The Kier molecular flexibility index (Phi) is 3.67. The highest BCUT2D eigenvalue weighted by molar-refractivity contribution is 9.09. The predicted octanol–water partition coefficient (Wildman–Crippen LogP) is -1.23. The third-order valence-corrected chi connectivity index (χ3v) is 3.86. The Morgan fingerprint density at radius 2 is 2.24 bits per heavy atom. The Hall–Kier alpha value is -0.700. The van der Waals surface area contributed by atoms with Gasteiger partial charge in [-0.15, -0.1) is 0 Å². The van der Waals surface area contributed by atoms with Crippen molar-refractivity contribution in [1.82, 2.24) is 10.2 Å². The van der Waals surface area contributed by atoms with Gasteiger partial charge in [-0.3, -0.25) is 15.0 Å². The Labute approximate surface area is 106 Å². The van der Waals surface area contributed by atoms with Gasteiger partial charge in [-0.2, -0.15) is 0 Å². The van der Waals surface area contributed by atoms with Crippen molar-refractivity contribution in [3.8, 4) is 0 Å². The molecule has 0 aromatic rings. The molecule has 3 N–H and O–H groups in total. The number of nitrogens with zero attached hydrogens (tertiary/aromatic N) is 1. The van der Waals surface area contributed by atoms with E-state index in [9.17, 15) is 14.7 Å². The van der Waals surface area contributed by atoms with Crippen LogP contribution in [-0.4, -0.2) is 63.5 Å². The highest BCUT2D eigenvalue weighted by Crippen LogP contribution is 2.30. The number of hydrogen-bond donors (Lipinski definition) is 3. The number of carbonyl (C=O) groups is 2. The molecule has 2 fully saturated rings. The highest BCUT2D eigenvalue weighted by atomic mass is 79.9. The normalized spacial score (nSPS) is 38.4. The lowest BCUT2D eigenvalue weighted by Gasteiger charge is -2.32. The molecule has 7 nitrogen and oxygen atoms in total. The molecule has 4 atom stereocenters. The van der Waals surface area contributed by atoms with E-state index in [0.29, 0.717) is 0 Å². The number of hydrogen-bond acceptors (Lipinski definition) is 5. The molecule has 0 aromatic heterocycles. The van der Waals surface area contributed by atoms with E-state index in [-0.39, 0.29) is 25.5 Å². The number of carbonyl (C=O) groups excluding carboxylic acids is 2. The van der Waals surface area contributed by atoms with Crippen LogP contribution in [0.4, 0.5) is 4.79 Å². The lowest BCUT2D eigenvalue weighted by atomic mass is 10.1. The topological polar surface area (TPSA) is 99.1 Å². The molecule has 2 heterocycles. The zero-order valence-electron chi connectivity index (χ0n) is 8.88. The van der Waals surface area contributed by atoms with Gasteiger partial charge in [0.15, 0.2) is 0 Å². The second-order valence-electron chi connectivity index (χ2n) is 3.98. The SMILES string of the molecule is O=C1CCN([C@@H]2O[C@H](CO)[C@@H](O)[C@H]2Br)C(=O)N1. The van der Waals surface area contributed by atoms with Gasteiger partial charge in [-0.1, -0.05) is 15.9 Å². The van der Waals surface area contributed by atoms with Gasteiger partial charge >= 0.3 is 6.03 Å². The maximum absolute atomic E-state index is 11.6. The van der Waals surface area contributed by atoms with Gasteiger partial charge < -0.3 is 14.9 Å². The number of ether oxygens (including phenoxy) is 1. The van der Waals surface area contributed by atoms with Gasteiger partial charge in [0.05, 0.1) is 17.5 Å². The smallest absolute Gasteiger partial charge is 0.326 e. The zero-order chi connectivity index (χ0) is 12.6. The molecule has 0 aliphatic carbocycles. The minimum absolute atomic E-state index is 0.200. The van der Waals surface area contributed by atoms with Crippen LogP contribution < -0.4 is 5.32 Å². The van der Waals surface area contributed by atoms with Gasteiger partial charge in [-0.25, -0.2) is 4.79 Å². The summed E-state index contributed by atoms with van der Waals surface area (Å²) in [7, 11) is 0. The first kappa shape index (κ1) is 12.7. The van der Waals surface area contributed by atoms with Crippen molar-refractivity contribution in [3.63, 3.8) is 0 Å². The molecule has 0 spiro atoms. The van der Waals surface area contributed by atoms with E-state index in [0.717, 1.165) is 0 Å². The van der Waals surface area contributed by atoms with Crippen LogP contribution in [-0.2, 0) is 9.53 Å². The van der Waals surface area contributed by atoms with E-state index in [1.165, 1.54) is 4.90 Å². The summed E-state index contributed by atoms with van der Waals surface area (Å²) in [5, 5.41) is 20.9. The van der Waals surface area contributed by atoms with Crippen LogP contribution in [0.2, 0.25) is 0 Å². The standard InChI is InChI=1S/C9H13BrN2O5/c10-6-7(15)4(3-13)17-8(6)12-2-1-5(14)11-9(12)16/h4,6-8,13,15H,1-3H2,(H,11,14,16)/t4-,6-,7-,8-/m1/s1. The number of urea groups is 1. The van der Waals surface area contributed by atoms with Gasteiger partial charge in [0.25, 0.3) is 0 Å². The largest absolute Gasteiger partial charge is 0.394 e. The lowest BCUT2D eigenvalue weighted by molar-refractivity contribution is -0.123.